The molecule has 9 heteroatoms. The molecule has 2 aromatic carbocycles. The Balaban J connectivity index is 1.76. The lowest BCUT2D eigenvalue weighted by Gasteiger charge is -2.23. The van der Waals surface area contributed by atoms with Crippen molar-refractivity contribution in [2.75, 3.05) is 11.6 Å². The Morgan fingerprint density at radius 2 is 1.72 bits per heavy atom. The molecule has 0 aromatic heterocycles. The van der Waals surface area contributed by atoms with Gasteiger partial charge in [0.2, 0.25) is 5.91 Å². The molecule has 3 rings (SSSR count). The van der Waals surface area contributed by atoms with Crippen molar-refractivity contribution in [3.05, 3.63) is 71.3 Å². The maximum absolute atomic E-state index is 14.0. The van der Waals surface area contributed by atoms with E-state index >= 15 is 0 Å². The number of hydrazone groups is 1. The molecule has 0 N–H and O–H groups in total. The van der Waals surface area contributed by atoms with Crippen molar-refractivity contribution in [3.8, 4) is 0 Å². The Hall–Kier alpha value is -3.49. The van der Waals surface area contributed by atoms with E-state index in [9.17, 15) is 27.2 Å². The summed E-state index contributed by atoms with van der Waals surface area (Å²) in [6, 6.07) is 9.22. The van der Waals surface area contributed by atoms with Gasteiger partial charge in [0.15, 0.2) is 23.3 Å². The van der Waals surface area contributed by atoms with Crippen LogP contribution in [0.2, 0.25) is 0 Å². The number of ether oxygens (including phenoxy) is 1. The van der Waals surface area contributed by atoms with E-state index in [2.05, 4.69) is 5.10 Å². The summed E-state index contributed by atoms with van der Waals surface area (Å²) in [7, 11) is 0. The van der Waals surface area contributed by atoms with E-state index in [-0.39, 0.29) is 36.2 Å². The summed E-state index contributed by atoms with van der Waals surface area (Å²) in [5.41, 5.74) is -0.739. The van der Waals surface area contributed by atoms with Gasteiger partial charge in [-0.3, -0.25) is 4.79 Å². The van der Waals surface area contributed by atoms with Gasteiger partial charge >= 0.3 is 5.97 Å². The molecule has 1 amide bonds. The Kier molecular flexibility index (Phi) is 6.06. The first-order valence-electron chi connectivity index (χ1n) is 8.50. The van der Waals surface area contributed by atoms with Gasteiger partial charge in [0, 0.05) is 18.9 Å². The van der Waals surface area contributed by atoms with Gasteiger partial charge in [0.1, 0.15) is 18.0 Å². The highest BCUT2D eigenvalue weighted by Crippen LogP contribution is 2.30. The molecule has 1 aliphatic heterocycles. The van der Waals surface area contributed by atoms with Crippen LogP contribution in [0.5, 0.6) is 0 Å². The highest BCUT2D eigenvalue weighted by atomic mass is 19.2. The molecular weight excluding hydrogens is 392 g/mol. The summed E-state index contributed by atoms with van der Waals surface area (Å²) in [4.78, 5) is 24.1. The summed E-state index contributed by atoms with van der Waals surface area (Å²) in [6.45, 7) is -0.113. The average molecular weight is 406 g/mol. The minimum Gasteiger partial charge on any atom is -0.457 e. The zero-order valence-electron chi connectivity index (χ0n) is 14.9. The molecule has 0 radical (unpaired) electrons. The zero-order chi connectivity index (χ0) is 21.0. The lowest BCUT2D eigenvalue weighted by molar-refractivity contribution is -0.134. The zero-order valence-corrected chi connectivity index (χ0v) is 14.9. The Bertz CT molecular complexity index is 980. The highest BCUT2D eigenvalue weighted by molar-refractivity contribution is 6.38. The monoisotopic (exact) mass is 406 g/mol. The van der Waals surface area contributed by atoms with Gasteiger partial charge < -0.3 is 4.74 Å². The molecule has 2 aromatic rings. The van der Waals surface area contributed by atoms with E-state index in [1.165, 1.54) is 0 Å². The second kappa shape index (κ2) is 8.68. The number of carbonyl (C=O) groups is 2. The third-order valence-electron chi connectivity index (χ3n) is 3.99. The molecule has 0 saturated carbocycles. The van der Waals surface area contributed by atoms with Gasteiger partial charge in [-0.05, 0) is 11.6 Å². The van der Waals surface area contributed by atoms with E-state index in [1.807, 2.05) is 30.3 Å². The fraction of sp³-hybridized carbons (Fsp3) is 0.150. The molecule has 0 atom stereocenters. The first-order chi connectivity index (χ1) is 13.9. The minimum absolute atomic E-state index is 0.0144. The van der Waals surface area contributed by atoms with Crippen LogP contribution in [0.15, 0.2) is 47.6 Å². The van der Waals surface area contributed by atoms with Gasteiger partial charge in [0.05, 0.1) is 0 Å². The fourth-order valence-electron chi connectivity index (χ4n) is 2.58. The van der Waals surface area contributed by atoms with E-state index in [0.29, 0.717) is 0 Å². The van der Waals surface area contributed by atoms with Crippen LogP contribution in [0.4, 0.5) is 23.2 Å². The van der Waals surface area contributed by atoms with Gasteiger partial charge in [-0.15, -0.1) is 0 Å². The van der Waals surface area contributed by atoms with E-state index in [1.54, 1.807) is 12.2 Å². The quantitative estimate of drug-likeness (QED) is 0.429. The largest absolute Gasteiger partial charge is 0.457 e. The van der Waals surface area contributed by atoms with Crippen LogP contribution in [-0.4, -0.2) is 24.2 Å². The van der Waals surface area contributed by atoms with Crippen LogP contribution in [0.25, 0.3) is 6.08 Å². The lowest BCUT2D eigenvalue weighted by atomic mass is 10.1. The third kappa shape index (κ3) is 4.50. The molecule has 0 bridgehead atoms. The van der Waals surface area contributed by atoms with Crippen molar-refractivity contribution in [1.82, 2.24) is 0 Å². The number of benzene rings is 2. The van der Waals surface area contributed by atoms with Gasteiger partial charge in [0.25, 0.3) is 0 Å². The van der Waals surface area contributed by atoms with Crippen molar-refractivity contribution in [3.63, 3.8) is 0 Å². The molecular formula is C20H14F4N2O3. The first kappa shape index (κ1) is 20.2. The average Bonchev–Trinajstić information content (AvgIpc) is 2.72. The fourth-order valence-corrected chi connectivity index (χ4v) is 2.58. The number of nitrogens with zero attached hydrogens (tertiary/aromatic N) is 2. The highest BCUT2D eigenvalue weighted by Gasteiger charge is 2.32. The van der Waals surface area contributed by atoms with Gasteiger partial charge in [-0.1, -0.05) is 36.4 Å². The van der Waals surface area contributed by atoms with Crippen molar-refractivity contribution in [1.29, 1.82) is 0 Å². The van der Waals surface area contributed by atoms with Crippen LogP contribution in [-0.2, 0) is 14.3 Å². The predicted molar refractivity (Wildman–Crippen MR) is 96.9 cm³/mol. The topological polar surface area (TPSA) is 59.0 Å². The van der Waals surface area contributed by atoms with Crippen molar-refractivity contribution in [2.24, 2.45) is 5.10 Å². The normalized spacial score (nSPS) is 14.3. The molecule has 150 valence electrons. The summed E-state index contributed by atoms with van der Waals surface area (Å²) in [5.74, 6) is -8.81. The van der Waals surface area contributed by atoms with Crippen molar-refractivity contribution in [2.45, 2.75) is 12.8 Å². The lowest BCUT2D eigenvalue weighted by Crippen LogP contribution is -2.36. The number of amides is 1. The van der Waals surface area contributed by atoms with Crippen LogP contribution < -0.4 is 5.01 Å². The van der Waals surface area contributed by atoms with Crippen molar-refractivity contribution >= 4 is 29.4 Å². The molecule has 0 unspecified atom stereocenters. The van der Waals surface area contributed by atoms with Crippen LogP contribution in [0, 0.1) is 23.3 Å². The maximum atomic E-state index is 14.0. The summed E-state index contributed by atoms with van der Waals surface area (Å²) >= 11 is 0. The standard InChI is InChI=1S/C20H14F4N2O3/c21-13-11-14(22)18(24)19(17(13)23)26-16(27)9-8-15(25-26)20(28)29-10-4-7-12-5-2-1-3-6-12/h1-7,11H,8-10H2/b7-4+. The molecule has 0 aliphatic carbocycles. The SMILES string of the molecule is O=C(OC/C=C/c1ccccc1)C1=NN(c2c(F)c(F)cc(F)c2F)C(=O)CC1. The molecule has 1 heterocycles. The second-order valence-corrected chi connectivity index (χ2v) is 5.98. The third-order valence-corrected chi connectivity index (χ3v) is 3.99. The Labute approximate surface area is 162 Å². The molecule has 0 fully saturated rings. The number of hydrogen-bond acceptors (Lipinski definition) is 4. The van der Waals surface area contributed by atoms with Crippen LogP contribution >= 0.6 is 0 Å². The summed E-state index contributed by atoms with van der Waals surface area (Å²) in [6.07, 6.45) is 2.80. The summed E-state index contributed by atoms with van der Waals surface area (Å²) in [5, 5.41) is 3.71. The molecule has 1 aliphatic rings. The second-order valence-electron chi connectivity index (χ2n) is 5.98. The van der Waals surface area contributed by atoms with Gasteiger partial charge in [-0.25, -0.2) is 22.4 Å². The Morgan fingerprint density at radius 3 is 2.38 bits per heavy atom. The summed E-state index contributed by atoms with van der Waals surface area (Å²) < 4.78 is 59.8. The molecule has 29 heavy (non-hydrogen) atoms. The number of halogens is 4. The number of rotatable bonds is 5. The van der Waals surface area contributed by atoms with Gasteiger partial charge in [-0.2, -0.15) is 10.1 Å². The van der Waals surface area contributed by atoms with E-state index < -0.39 is 40.8 Å². The smallest absolute Gasteiger partial charge is 0.354 e. The first-order valence-corrected chi connectivity index (χ1v) is 8.50. The van der Waals surface area contributed by atoms with E-state index in [4.69, 9.17) is 4.74 Å². The number of anilines is 1. The molecule has 5 nitrogen and oxygen atoms in total. The Morgan fingerprint density at radius 1 is 1.07 bits per heavy atom. The van der Waals surface area contributed by atoms with Crippen LogP contribution in [0.1, 0.15) is 18.4 Å². The van der Waals surface area contributed by atoms with Crippen LogP contribution in [0.3, 0.4) is 0 Å². The number of hydrogen-bond donors (Lipinski definition) is 0. The molecule has 0 spiro atoms. The maximum Gasteiger partial charge on any atom is 0.354 e. The predicted octanol–water partition coefficient (Wildman–Crippen LogP) is 3.98. The molecule has 0 saturated heterocycles. The van der Waals surface area contributed by atoms with Crippen molar-refractivity contribution < 1.29 is 31.9 Å². The number of carbonyl (C=O) groups excluding carboxylic acids is 2. The number of esters is 1. The van der Waals surface area contributed by atoms with E-state index in [0.717, 1.165) is 5.56 Å². The minimum atomic E-state index is -1.79.